The van der Waals surface area contributed by atoms with Crippen molar-refractivity contribution in [2.45, 2.75) is 213 Å². The van der Waals surface area contributed by atoms with Gasteiger partial charge >= 0.3 is 19.8 Å². The van der Waals surface area contributed by atoms with E-state index in [0.717, 1.165) is 64.2 Å². The zero-order valence-corrected chi connectivity index (χ0v) is 35.3. The molecule has 1 N–H and O–H groups in total. The number of carbonyl (C=O) groups excluding carboxylic acids is 2. The van der Waals surface area contributed by atoms with Gasteiger partial charge < -0.3 is 14.4 Å². The summed E-state index contributed by atoms with van der Waals surface area (Å²) < 4.78 is 32.6. The lowest BCUT2D eigenvalue weighted by Crippen LogP contribution is -2.29. The molecule has 0 aliphatic carbocycles. The molecule has 0 saturated heterocycles. The Bertz CT molecular complexity index is 963. The lowest BCUT2D eigenvalue weighted by atomic mass is 10.0. The van der Waals surface area contributed by atoms with Gasteiger partial charge in [0.1, 0.15) is 6.61 Å². The van der Waals surface area contributed by atoms with Gasteiger partial charge in [-0.2, -0.15) is 0 Å². The summed E-state index contributed by atoms with van der Waals surface area (Å²) in [6, 6.07) is 0. The number of phosphoric acid groups is 1. The summed E-state index contributed by atoms with van der Waals surface area (Å²) in [6.45, 7) is 5.39. The topological polar surface area (TPSA) is 108 Å². The van der Waals surface area contributed by atoms with Crippen molar-refractivity contribution in [3.63, 3.8) is 0 Å². The molecule has 0 aromatic heterocycles. The summed E-state index contributed by atoms with van der Waals surface area (Å²) in [6.07, 6.45) is 45.0. The number of ether oxygens (including phenoxy) is 2. The fraction of sp³-hybridized carbons (Fsp3) is 0.818. The van der Waals surface area contributed by atoms with E-state index < -0.39 is 26.5 Å². The molecule has 0 saturated carbocycles. The van der Waals surface area contributed by atoms with E-state index in [1.165, 1.54) is 103 Å². The van der Waals surface area contributed by atoms with Crippen LogP contribution >= 0.6 is 7.82 Å². The Hall–Kier alpha value is -1.73. The Kier molecular flexibility index (Phi) is 38.6. The number of hydrogen-bond donors (Lipinski definition) is 1. The van der Waals surface area contributed by atoms with Crippen molar-refractivity contribution >= 4 is 19.8 Å². The van der Waals surface area contributed by atoms with Crippen LogP contribution in [0.2, 0.25) is 0 Å². The molecule has 0 spiro atoms. The van der Waals surface area contributed by atoms with Gasteiger partial charge in [-0.1, -0.05) is 159 Å². The zero-order valence-electron chi connectivity index (χ0n) is 34.4. The van der Waals surface area contributed by atoms with Gasteiger partial charge in [-0.05, 0) is 71.1 Å². The maximum atomic E-state index is 12.5. The summed E-state index contributed by atoms with van der Waals surface area (Å²) >= 11 is 0. The maximum Gasteiger partial charge on any atom is 0.472 e. The lowest BCUT2D eigenvalue weighted by Gasteiger charge is -2.19. The van der Waals surface area contributed by atoms with Gasteiger partial charge in [0.25, 0.3) is 0 Å². The van der Waals surface area contributed by atoms with E-state index in [1.54, 1.807) is 6.92 Å². The molecule has 8 nitrogen and oxygen atoms in total. The van der Waals surface area contributed by atoms with Crippen LogP contribution in [-0.2, 0) is 32.7 Å². The molecule has 2 atom stereocenters. The van der Waals surface area contributed by atoms with Crippen molar-refractivity contribution in [1.82, 2.24) is 0 Å². The standard InChI is InChI=1S/C44H81O8P/c1-4-7-9-11-13-15-17-18-19-20-21-22-23-24-25-26-27-28-29-31-33-35-37-39-44(46)52-42(41-51-53(47,48)50-6-3)40-49-43(45)38-36-34-32-30-16-14-12-10-8-5-2/h10,12,17-18,20-21,42H,4-9,11,13-16,19,22-41H2,1-3H3,(H,47,48)/b12-10-,18-17-,21-20-. The summed E-state index contributed by atoms with van der Waals surface area (Å²) in [7, 11) is -4.28. The van der Waals surface area contributed by atoms with Gasteiger partial charge in [-0.3, -0.25) is 18.6 Å². The largest absolute Gasteiger partial charge is 0.472 e. The third kappa shape index (κ3) is 39.8. The lowest BCUT2D eigenvalue weighted by molar-refractivity contribution is -0.161. The smallest absolute Gasteiger partial charge is 0.462 e. The van der Waals surface area contributed by atoms with Crippen LogP contribution < -0.4 is 0 Å². The first-order valence-corrected chi connectivity index (χ1v) is 23.3. The van der Waals surface area contributed by atoms with Crippen molar-refractivity contribution in [1.29, 1.82) is 0 Å². The maximum absolute atomic E-state index is 12.5. The molecular formula is C44H81O8P. The van der Waals surface area contributed by atoms with E-state index in [0.29, 0.717) is 6.42 Å². The molecule has 2 unspecified atom stereocenters. The molecule has 9 heteroatoms. The van der Waals surface area contributed by atoms with Crippen LogP contribution in [0.25, 0.3) is 0 Å². The highest BCUT2D eigenvalue weighted by molar-refractivity contribution is 7.47. The molecule has 0 aromatic carbocycles. The number of hydrogen-bond acceptors (Lipinski definition) is 7. The van der Waals surface area contributed by atoms with Crippen molar-refractivity contribution in [3.05, 3.63) is 36.5 Å². The highest BCUT2D eigenvalue weighted by atomic mass is 31.2. The minimum absolute atomic E-state index is 0.00122. The van der Waals surface area contributed by atoms with Crippen LogP contribution in [0, 0.1) is 0 Å². The first-order chi connectivity index (χ1) is 25.8. The minimum Gasteiger partial charge on any atom is -0.462 e. The van der Waals surface area contributed by atoms with Crippen molar-refractivity contribution in [3.8, 4) is 0 Å². The number of allylic oxidation sites excluding steroid dienone is 6. The predicted molar refractivity (Wildman–Crippen MR) is 221 cm³/mol. The third-order valence-corrected chi connectivity index (χ3v) is 10.2. The molecule has 0 fully saturated rings. The van der Waals surface area contributed by atoms with E-state index in [4.69, 9.17) is 18.5 Å². The quantitative estimate of drug-likeness (QED) is 0.0284. The number of unbranched alkanes of at least 4 members (excludes halogenated alkanes) is 22. The van der Waals surface area contributed by atoms with Gasteiger partial charge in [-0.15, -0.1) is 0 Å². The summed E-state index contributed by atoms with van der Waals surface area (Å²) in [5, 5.41) is 0. The fourth-order valence-electron chi connectivity index (χ4n) is 5.96. The average molecular weight is 769 g/mol. The SMILES string of the molecule is CCC/C=C\CCCCCCCC(=O)OCC(COP(=O)(O)OCC)OC(=O)CCCCCCCCCCCCC/C=C\C/C=C\CCCCCCC. The van der Waals surface area contributed by atoms with Crippen molar-refractivity contribution in [2.75, 3.05) is 19.8 Å². The molecule has 0 aliphatic rings. The van der Waals surface area contributed by atoms with Crippen LogP contribution in [0.5, 0.6) is 0 Å². The summed E-state index contributed by atoms with van der Waals surface area (Å²) in [5.41, 5.74) is 0. The van der Waals surface area contributed by atoms with E-state index in [9.17, 15) is 19.0 Å². The van der Waals surface area contributed by atoms with Crippen LogP contribution in [0.4, 0.5) is 0 Å². The minimum atomic E-state index is -4.28. The Morgan fingerprint density at radius 1 is 0.509 bits per heavy atom. The third-order valence-electron chi connectivity index (χ3n) is 9.15. The van der Waals surface area contributed by atoms with Gasteiger partial charge in [0.2, 0.25) is 0 Å². The Morgan fingerprint density at radius 3 is 1.43 bits per heavy atom. The van der Waals surface area contributed by atoms with E-state index in [2.05, 4.69) is 50.3 Å². The molecule has 0 heterocycles. The average Bonchev–Trinajstić information content (AvgIpc) is 3.13. The van der Waals surface area contributed by atoms with Gasteiger partial charge in [-0.25, -0.2) is 4.57 Å². The second kappa shape index (κ2) is 39.9. The Morgan fingerprint density at radius 2 is 0.943 bits per heavy atom. The molecule has 0 radical (unpaired) electrons. The number of esters is 2. The molecule has 0 rings (SSSR count). The zero-order chi connectivity index (χ0) is 38.9. The van der Waals surface area contributed by atoms with Gasteiger partial charge in [0.15, 0.2) is 6.10 Å². The van der Waals surface area contributed by atoms with Crippen LogP contribution in [0.3, 0.4) is 0 Å². The first-order valence-electron chi connectivity index (χ1n) is 21.8. The van der Waals surface area contributed by atoms with Crippen LogP contribution in [0.1, 0.15) is 207 Å². The van der Waals surface area contributed by atoms with Gasteiger partial charge in [0.05, 0.1) is 13.2 Å². The first kappa shape index (κ1) is 51.3. The Labute approximate surface area is 325 Å². The predicted octanol–water partition coefficient (Wildman–Crippen LogP) is 13.6. The van der Waals surface area contributed by atoms with Gasteiger partial charge in [0, 0.05) is 12.8 Å². The fourth-order valence-corrected chi connectivity index (χ4v) is 6.71. The van der Waals surface area contributed by atoms with E-state index in [-0.39, 0.29) is 32.0 Å². The summed E-state index contributed by atoms with van der Waals surface area (Å²) in [4.78, 5) is 34.6. The van der Waals surface area contributed by atoms with Crippen molar-refractivity contribution in [2.24, 2.45) is 0 Å². The van der Waals surface area contributed by atoms with Crippen LogP contribution in [-0.4, -0.2) is 42.8 Å². The second-order valence-electron chi connectivity index (χ2n) is 14.4. The molecule has 0 bridgehead atoms. The molecule has 310 valence electrons. The molecule has 0 aliphatic heterocycles. The molecule has 53 heavy (non-hydrogen) atoms. The van der Waals surface area contributed by atoms with E-state index in [1.807, 2.05) is 0 Å². The normalized spacial score (nSPS) is 13.7. The second-order valence-corrected chi connectivity index (χ2v) is 15.8. The van der Waals surface area contributed by atoms with E-state index >= 15 is 0 Å². The number of rotatable bonds is 40. The Balaban J connectivity index is 3.99. The van der Waals surface area contributed by atoms with Crippen LogP contribution in [0.15, 0.2) is 36.5 Å². The highest BCUT2D eigenvalue weighted by Gasteiger charge is 2.25. The highest BCUT2D eigenvalue weighted by Crippen LogP contribution is 2.43. The summed E-state index contributed by atoms with van der Waals surface area (Å²) in [5.74, 6) is -0.810. The molecular weight excluding hydrogens is 687 g/mol. The van der Waals surface area contributed by atoms with Crippen molar-refractivity contribution < 1.29 is 37.6 Å². The number of phosphoric ester groups is 1. The molecule has 0 aromatic rings. The monoisotopic (exact) mass is 769 g/mol. The molecule has 0 amide bonds. The number of carbonyl (C=O) groups is 2.